The van der Waals surface area contributed by atoms with Crippen LogP contribution in [-0.4, -0.2) is 62.8 Å². The summed E-state index contributed by atoms with van der Waals surface area (Å²) >= 11 is 0. The van der Waals surface area contributed by atoms with E-state index in [1.54, 1.807) is 0 Å². The average Bonchev–Trinajstić information content (AvgIpc) is 2.83. The summed E-state index contributed by atoms with van der Waals surface area (Å²) < 4.78 is 5.37. The van der Waals surface area contributed by atoms with E-state index in [9.17, 15) is 4.79 Å². The lowest BCUT2D eigenvalue weighted by atomic mass is 10.3. The monoisotopic (exact) mass is 299 g/mol. The number of carbonyl (C=O) groups excluding carboxylic acids is 1. The number of likely N-dealkylation sites (tertiary alicyclic amines) is 1. The lowest BCUT2D eigenvalue weighted by molar-refractivity contribution is -0.134. The summed E-state index contributed by atoms with van der Waals surface area (Å²) in [5.41, 5.74) is 0. The molecule has 0 aliphatic carbocycles. The minimum absolute atomic E-state index is 0. The van der Waals surface area contributed by atoms with E-state index in [1.807, 2.05) is 0 Å². The summed E-state index contributed by atoms with van der Waals surface area (Å²) in [6.07, 6.45) is 2.29. The second-order valence-corrected chi connectivity index (χ2v) is 4.40. The fourth-order valence-electron chi connectivity index (χ4n) is 2.19. The Morgan fingerprint density at radius 3 is 2.67 bits per heavy atom. The molecule has 5 nitrogen and oxygen atoms in total. The van der Waals surface area contributed by atoms with Crippen molar-refractivity contribution in [3.05, 3.63) is 0 Å². The summed E-state index contributed by atoms with van der Waals surface area (Å²) in [5, 5.41) is 6.08. The van der Waals surface area contributed by atoms with Crippen LogP contribution in [0.2, 0.25) is 0 Å². The highest BCUT2D eigenvalue weighted by Gasteiger charge is 2.21. The number of rotatable bonds is 4. The topological polar surface area (TPSA) is 53.6 Å². The zero-order chi connectivity index (χ0) is 11.2. The van der Waals surface area contributed by atoms with Crippen LogP contribution in [0.5, 0.6) is 0 Å². The lowest BCUT2D eigenvalue weighted by Gasteiger charge is -2.23. The van der Waals surface area contributed by atoms with E-state index in [0.717, 1.165) is 19.6 Å². The molecule has 2 N–H and O–H groups in total. The van der Waals surface area contributed by atoms with Gasteiger partial charge >= 0.3 is 0 Å². The zero-order valence-electron chi connectivity index (χ0n) is 10.5. The molecule has 108 valence electrons. The molecule has 0 aromatic heterocycles. The van der Waals surface area contributed by atoms with Crippen LogP contribution in [-0.2, 0) is 9.53 Å². The molecule has 0 unspecified atom stereocenters. The predicted octanol–water partition coefficient (Wildman–Crippen LogP) is 0.0304. The van der Waals surface area contributed by atoms with Crippen molar-refractivity contribution in [3.63, 3.8) is 0 Å². The van der Waals surface area contributed by atoms with Crippen LogP contribution < -0.4 is 10.6 Å². The van der Waals surface area contributed by atoms with Crippen molar-refractivity contribution in [3.8, 4) is 0 Å². The van der Waals surface area contributed by atoms with Gasteiger partial charge in [0.05, 0.1) is 6.61 Å². The van der Waals surface area contributed by atoms with Crippen molar-refractivity contribution < 1.29 is 9.53 Å². The third-order valence-corrected chi connectivity index (χ3v) is 3.15. The molecule has 18 heavy (non-hydrogen) atoms. The minimum atomic E-state index is -0.299. The van der Waals surface area contributed by atoms with Gasteiger partial charge in [-0.15, -0.1) is 24.8 Å². The fraction of sp³-hybridized carbons (Fsp3) is 0.909. The summed E-state index contributed by atoms with van der Waals surface area (Å²) in [6.45, 7) is 6.16. The smallest absolute Gasteiger partial charge is 0.250 e. The van der Waals surface area contributed by atoms with Crippen molar-refractivity contribution in [1.29, 1.82) is 0 Å². The van der Waals surface area contributed by atoms with Gasteiger partial charge in [-0.05, 0) is 25.9 Å². The van der Waals surface area contributed by atoms with E-state index in [1.165, 1.54) is 25.9 Å². The maximum atomic E-state index is 11.7. The van der Waals surface area contributed by atoms with Gasteiger partial charge in [0.15, 0.2) is 0 Å². The second kappa shape index (κ2) is 9.81. The number of nitrogens with zero attached hydrogens (tertiary/aromatic N) is 1. The van der Waals surface area contributed by atoms with E-state index in [0.29, 0.717) is 13.2 Å². The number of ether oxygens (including phenoxy) is 1. The van der Waals surface area contributed by atoms with Crippen LogP contribution in [0.4, 0.5) is 0 Å². The largest absolute Gasteiger partial charge is 0.366 e. The van der Waals surface area contributed by atoms with Gasteiger partial charge in [0.25, 0.3) is 5.91 Å². The number of morpholine rings is 1. The third kappa shape index (κ3) is 5.71. The first-order valence-electron chi connectivity index (χ1n) is 6.18. The number of hydrogen-bond acceptors (Lipinski definition) is 4. The average molecular weight is 300 g/mol. The molecule has 2 fully saturated rings. The number of hydrogen-bond donors (Lipinski definition) is 2. The molecular weight excluding hydrogens is 277 g/mol. The summed E-state index contributed by atoms with van der Waals surface area (Å²) in [5.74, 6) is 0.0198. The van der Waals surface area contributed by atoms with Gasteiger partial charge in [0.1, 0.15) is 6.10 Å². The molecule has 2 aliphatic heterocycles. The maximum absolute atomic E-state index is 11.7. The zero-order valence-corrected chi connectivity index (χ0v) is 12.2. The van der Waals surface area contributed by atoms with Crippen LogP contribution in [0.25, 0.3) is 0 Å². The SMILES string of the molecule is Cl.Cl.O=C(NCCN1CCCC1)[C@H]1CNCCO1. The third-order valence-electron chi connectivity index (χ3n) is 3.15. The van der Waals surface area contributed by atoms with Crippen LogP contribution in [0.1, 0.15) is 12.8 Å². The molecule has 7 heteroatoms. The Morgan fingerprint density at radius 2 is 2.06 bits per heavy atom. The minimum Gasteiger partial charge on any atom is -0.366 e. The van der Waals surface area contributed by atoms with Gasteiger partial charge in [-0.2, -0.15) is 0 Å². The van der Waals surface area contributed by atoms with Gasteiger partial charge in [-0.3, -0.25) is 4.79 Å². The van der Waals surface area contributed by atoms with Crippen molar-refractivity contribution >= 4 is 30.7 Å². The lowest BCUT2D eigenvalue weighted by Crippen LogP contribution is -2.48. The van der Waals surface area contributed by atoms with E-state index in [4.69, 9.17) is 4.74 Å². The molecule has 2 aliphatic rings. The Kier molecular flexibility index (Phi) is 9.77. The van der Waals surface area contributed by atoms with Crippen LogP contribution in [0.15, 0.2) is 0 Å². The molecule has 0 radical (unpaired) electrons. The highest BCUT2D eigenvalue weighted by molar-refractivity contribution is 5.85. The van der Waals surface area contributed by atoms with Crippen molar-refractivity contribution in [1.82, 2.24) is 15.5 Å². The van der Waals surface area contributed by atoms with Crippen molar-refractivity contribution in [2.45, 2.75) is 18.9 Å². The molecule has 0 spiro atoms. The van der Waals surface area contributed by atoms with E-state index in [2.05, 4.69) is 15.5 Å². The Bertz CT molecular complexity index is 232. The Labute approximate surface area is 121 Å². The quantitative estimate of drug-likeness (QED) is 0.769. The van der Waals surface area contributed by atoms with Crippen molar-refractivity contribution in [2.75, 3.05) is 45.9 Å². The highest BCUT2D eigenvalue weighted by Crippen LogP contribution is 2.05. The number of nitrogens with one attached hydrogen (secondary N) is 2. The molecular formula is C11H23Cl2N3O2. The normalized spacial score (nSPS) is 23.9. The summed E-state index contributed by atoms with van der Waals surface area (Å²) in [7, 11) is 0. The molecule has 2 saturated heterocycles. The van der Waals surface area contributed by atoms with Gasteiger partial charge in [0, 0.05) is 26.2 Å². The molecule has 1 amide bonds. The van der Waals surface area contributed by atoms with Crippen molar-refractivity contribution in [2.24, 2.45) is 0 Å². The molecule has 1 atom stereocenters. The fourth-order valence-corrected chi connectivity index (χ4v) is 2.19. The van der Waals surface area contributed by atoms with E-state index < -0.39 is 0 Å². The number of halogens is 2. The van der Waals surface area contributed by atoms with Gasteiger partial charge in [-0.1, -0.05) is 0 Å². The Morgan fingerprint density at radius 1 is 1.33 bits per heavy atom. The number of carbonyl (C=O) groups is 1. The highest BCUT2D eigenvalue weighted by atomic mass is 35.5. The standard InChI is InChI=1S/C11H21N3O2.2ClH/c15-11(10-9-12-4-8-16-10)13-3-7-14-5-1-2-6-14;;/h10,12H,1-9H2,(H,13,15);2*1H/t10-;;/m1../s1. The van der Waals surface area contributed by atoms with Gasteiger partial charge < -0.3 is 20.3 Å². The predicted molar refractivity (Wildman–Crippen MR) is 75.8 cm³/mol. The summed E-state index contributed by atoms with van der Waals surface area (Å²) in [6, 6.07) is 0. The molecule has 2 heterocycles. The van der Waals surface area contributed by atoms with E-state index in [-0.39, 0.29) is 36.8 Å². The van der Waals surface area contributed by atoms with Gasteiger partial charge in [-0.25, -0.2) is 0 Å². The first-order valence-corrected chi connectivity index (χ1v) is 6.18. The molecule has 0 aromatic rings. The van der Waals surface area contributed by atoms with Crippen LogP contribution in [0, 0.1) is 0 Å². The molecule has 0 saturated carbocycles. The molecule has 0 bridgehead atoms. The first-order chi connectivity index (χ1) is 7.86. The molecule has 2 rings (SSSR count). The Hall–Kier alpha value is -0.0700. The first kappa shape index (κ1) is 17.9. The Balaban J connectivity index is 0.00000144. The van der Waals surface area contributed by atoms with Crippen LogP contribution in [0.3, 0.4) is 0 Å². The second-order valence-electron chi connectivity index (χ2n) is 4.40. The van der Waals surface area contributed by atoms with Gasteiger partial charge in [0.2, 0.25) is 0 Å². The van der Waals surface area contributed by atoms with Crippen LogP contribution >= 0.6 is 24.8 Å². The maximum Gasteiger partial charge on any atom is 0.250 e. The summed E-state index contributed by atoms with van der Waals surface area (Å²) in [4.78, 5) is 14.1. The van der Waals surface area contributed by atoms with E-state index >= 15 is 0 Å². The number of amides is 1. The molecule has 0 aromatic carbocycles.